The van der Waals surface area contributed by atoms with Crippen LogP contribution < -0.4 is 4.74 Å². The van der Waals surface area contributed by atoms with E-state index in [1.807, 2.05) is 24.3 Å². The molecule has 0 spiro atoms. The fourth-order valence-corrected chi connectivity index (χ4v) is 5.82. The SMILES string of the molecule is CO.O=Cc1ccc2c(c1)CCCC(c1ccccc1OC(F)(F)F)=C2c1ccc(CC2CN(CCCF)C2)cc1. The Hall–Kier alpha value is -3.49. The number of para-hydroxylation sites is 1. The average molecular weight is 570 g/mol. The maximum absolute atomic E-state index is 13.3. The summed E-state index contributed by atoms with van der Waals surface area (Å²) in [5.74, 6) is 0.321. The summed E-state index contributed by atoms with van der Waals surface area (Å²) in [6.07, 6.45) is -0.472. The number of halogens is 4. The molecule has 1 aliphatic carbocycles. The number of alkyl halides is 4. The highest BCUT2D eigenvalue weighted by Crippen LogP contribution is 2.43. The lowest BCUT2D eigenvalue weighted by Crippen LogP contribution is -2.47. The predicted octanol–water partition coefficient (Wildman–Crippen LogP) is 7.14. The highest BCUT2D eigenvalue weighted by Gasteiger charge is 2.33. The van der Waals surface area contributed by atoms with Gasteiger partial charge in [-0.15, -0.1) is 13.2 Å². The molecule has 3 aromatic rings. The predicted molar refractivity (Wildman–Crippen MR) is 153 cm³/mol. The third-order valence-corrected chi connectivity index (χ3v) is 7.56. The Labute approximate surface area is 238 Å². The van der Waals surface area contributed by atoms with Gasteiger partial charge in [0.05, 0.1) is 6.67 Å². The minimum absolute atomic E-state index is 0.218. The minimum atomic E-state index is -4.80. The fourth-order valence-electron chi connectivity index (χ4n) is 5.82. The summed E-state index contributed by atoms with van der Waals surface area (Å²) in [7, 11) is 1.00. The van der Waals surface area contributed by atoms with Gasteiger partial charge in [-0.25, -0.2) is 0 Å². The van der Waals surface area contributed by atoms with E-state index < -0.39 is 6.36 Å². The lowest BCUT2D eigenvalue weighted by atomic mass is 9.86. The van der Waals surface area contributed by atoms with Crippen molar-refractivity contribution >= 4 is 17.4 Å². The van der Waals surface area contributed by atoms with Crippen LogP contribution in [0.4, 0.5) is 17.6 Å². The average Bonchev–Trinajstić information content (AvgIpc) is 3.14. The van der Waals surface area contributed by atoms with Gasteiger partial charge >= 0.3 is 6.36 Å². The quantitative estimate of drug-likeness (QED) is 0.220. The first-order chi connectivity index (χ1) is 19.8. The van der Waals surface area contributed by atoms with Crippen molar-refractivity contribution in [2.75, 3.05) is 33.4 Å². The Morgan fingerprint density at radius 1 is 0.976 bits per heavy atom. The molecule has 0 radical (unpaired) electrons. The summed E-state index contributed by atoms with van der Waals surface area (Å²) in [4.78, 5) is 13.7. The molecule has 0 amide bonds. The van der Waals surface area contributed by atoms with Crippen LogP contribution in [-0.4, -0.2) is 56.1 Å². The lowest BCUT2D eigenvalue weighted by molar-refractivity contribution is -0.274. The number of ether oxygens (including phenoxy) is 1. The van der Waals surface area contributed by atoms with Gasteiger partial charge in [0.25, 0.3) is 0 Å². The fraction of sp³-hybridized carbons (Fsp3) is 0.364. The van der Waals surface area contributed by atoms with Crippen LogP contribution >= 0.6 is 0 Å². The molecule has 1 saturated heterocycles. The molecule has 0 unspecified atom stereocenters. The zero-order chi connectivity index (χ0) is 29.4. The number of benzene rings is 3. The highest BCUT2D eigenvalue weighted by atomic mass is 19.4. The van der Waals surface area contributed by atoms with E-state index in [0.29, 0.717) is 36.3 Å². The summed E-state index contributed by atoms with van der Waals surface area (Å²) in [6.45, 7) is 2.46. The molecule has 1 heterocycles. The van der Waals surface area contributed by atoms with Crippen LogP contribution in [0.1, 0.15) is 57.4 Å². The highest BCUT2D eigenvalue weighted by molar-refractivity contribution is 6.01. The third kappa shape index (κ3) is 7.63. The molecule has 2 aliphatic rings. The van der Waals surface area contributed by atoms with Crippen molar-refractivity contribution in [3.63, 3.8) is 0 Å². The van der Waals surface area contributed by atoms with Crippen molar-refractivity contribution in [3.8, 4) is 5.75 Å². The Morgan fingerprint density at radius 2 is 1.71 bits per heavy atom. The first-order valence-electron chi connectivity index (χ1n) is 13.8. The molecule has 1 N–H and O–H groups in total. The van der Waals surface area contributed by atoms with Crippen LogP contribution in [0.3, 0.4) is 0 Å². The number of allylic oxidation sites excluding steroid dienone is 1. The normalized spacial score (nSPS) is 15.8. The molecule has 0 atom stereocenters. The number of nitrogens with zero attached hydrogens (tertiary/aromatic N) is 1. The Balaban J connectivity index is 0.00000189. The number of hydrogen-bond donors (Lipinski definition) is 1. The van der Waals surface area contributed by atoms with Crippen molar-refractivity contribution in [2.24, 2.45) is 5.92 Å². The Morgan fingerprint density at radius 3 is 2.39 bits per heavy atom. The van der Waals surface area contributed by atoms with Gasteiger partial charge in [-0.05, 0) is 83.6 Å². The lowest BCUT2D eigenvalue weighted by Gasteiger charge is -2.39. The Kier molecular flexibility index (Phi) is 10.3. The van der Waals surface area contributed by atoms with E-state index in [2.05, 4.69) is 21.8 Å². The Bertz CT molecular complexity index is 1350. The van der Waals surface area contributed by atoms with Crippen LogP contribution in [-0.2, 0) is 12.8 Å². The number of hydrogen-bond acceptors (Lipinski definition) is 4. The molecule has 0 bridgehead atoms. The van der Waals surface area contributed by atoms with Crippen molar-refractivity contribution in [3.05, 3.63) is 100 Å². The van der Waals surface area contributed by atoms with Gasteiger partial charge in [0.15, 0.2) is 0 Å². The summed E-state index contributed by atoms with van der Waals surface area (Å²) in [5, 5.41) is 7.00. The summed E-state index contributed by atoms with van der Waals surface area (Å²) in [6, 6.07) is 20.1. The van der Waals surface area contributed by atoms with Gasteiger partial charge in [-0.2, -0.15) is 0 Å². The molecule has 5 rings (SSSR count). The summed E-state index contributed by atoms with van der Waals surface area (Å²) >= 11 is 0. The number of likely N-dealkylation sites (tertiary alicyclic amines) is 1. The van der Waals surface area contributed by atoms with E-state index in [-0.39, 0.29) is 12.4 Å². The standard InChI is InChI=1S/C32H31F4NO2.CH4O/c33-15-4-16-37-19-24(20-37)17-22-9-12-25(13-10-22)31-27-14-11-23(21-38)18-26(27)5-3-7-29(31)28-6-1-2-8-30(28)39-32(34,35)36;1-2/h1-2,6,8-14,18,21,24H,3-5,7,15-17,19-20H2;2H,1H3. The molecule has 41 heavy (non-hydrogen) atoms. The van der Waals surface area contributed by atoms with Gasteiger partial charge in [-0.1, -0.05) is 54.6 Å². The molecule has 0 saturated carbocycles. The molecular formula is C33H35F4NO3. The minimum Gasteiger partial charge on any atom is -0.405 e. The molecular weight excluding hydrogens is 534 g/mol. The number of rotatable bonds is 9. The van der Waals surface area contributed by atoms with E-state index in [1.165, 1.54) is 11.6 Å². The zero-order valence-electron chi connectivity index (χ0n) is 23.1. The second kappa shape index (κ2) is 13.9. The number of carbonyl (C=O) groups excluding carboxylic acids is 1. The topological polar surface area (TPSA) is 49.8 Å². The van der Waals surface area contributed by atoms with Gasteiger partial charge in [0.1, 0.15) is 12.0 Å². The maximum atomic E-state index is 13.3. The van der Waals surface area contributed by atoms with E-state index >= 15 is 0 Å². The molecule has 8 heteroatoms. The first kappa shape index (κ1) is 30.5. The van der Waals surface area contributed by atoms with E-state index in [0.717, 1.165) is 73.7 Å². The number of carbonyl (C=O) groups is 1. The molecule has 0 aromatic heterocycles. The van der Waals surface area contributed by atoms with Crippen molar-refractivity contribution in [2.45, 2.75) is 38.5 Å². The largest absolute Gasteiger partial charge is 0.573 e. The number of aliphatic hydroxyl groups is 1. The maximum Gasteiger partial charge on any atom is 0.573 e. The number of aldehydes is 1. The van der Waals surface area contributed by atoms with Crippen molar-refractivity contribution < 1.29 is 32.2 Å². The summed E-state index contributed by atoms with van der Waals surface area (Å²) in [5.41, 5.74) is 6.69. The molecule has 4 nitrogen and oxygen atoms in total. The second-order valence-corrected chi connectivity index (χ2v) is 10.4. The van der Waals surface area contributed by atoms with E-state index in [1.54, 1.807) is 24.3 Å². The van der Waals surface area contributed by atoms with Gasteiger partial charge in [0, 0.05) is 37.9 Å². The second-order valence-electron chi connectivity index (χ2n) is 10.4. The number of aryl methyl sites for hydroxylation is 1. The zero-order valence-corrected chi connectivity index (χ0v) is 23.1. The van der Waals surface area contributed by atoms with Gasteiger partial charge in [-0.3, -0.25) is 9.18 Å². The summed E-state index contributed by atoms with van der Waals surface area (Å²) < 4.78 is 56.7. The monoisotopic (exact) mass is 569 g/mol. The van der Waals surface area contributed by atoms with E-state index in [4.69, 9.17) is 5.11 Å². The van der Waals surface area contributed by atoms with Crippen molar-refractivity contribution in [1.29, 1.82) is 0 Å². The van der Waals surface area contributed by atoms with E-state index in [9.17, 15) is 22.4 Å². The molecule has 1 fully saturated rings. The van der Waals surface area contributed by atoms with Crippen molar-refractivity contribution in [1.82, 2.24) is 4.90 Å². The van der Waals surface area contributed by atoms with Crippen LogP contribution in [0, 0.1) is 5.92 Å². The smallest absolute Gasteiger partial charge is 0.405 e. The van der Waals surface area contributed by atoms with Crippen LogP contribution in [0.2, 0.25) is 0 Å². The van der Waals surface area contributed by atoms with Gasteiger partial charge < -0.3 is 14.7 Å². The molecule has 218 valence electrons. The third-order valence-electron chi connectivity index (χ3n) is 7.56. The first-order valence-corrected chi connectivity index (χ1v) is 13.8. The van der Waals surface area contributed by atoms with Gasteiger partial charge in [0.2, 0.25) is 0 Å². The molecule has 3 aromatic carbocycles. The number of fused-ring (bicyclic) bond motifs is 1. The molecule has 1 aliphatic heterocycles. The van der Waals surface area contributed by atoms with Crippen LogP contribution in [0.15, 0.2) is 66.7 Å². The number of aliphatic hydroxyl groups excluding tert-OH is 1. The van der Waals surface area contributed by atoms with Crippen LogP contribution in [0.25, 0.3) is 11.1 Å². The van der Waals surface area contributed by atoms with Crippen LogP contribution in [0.5, 0.6) is 5.75 Å².